The van der Waals surface area contributed by atoms with Crippen LogP contribution in [0.1, 0.15) is 20.8 Å². The highest BCUT2D eigenvalue weighted by molar-refractivity contribution is 5.77. The van der Waals surface area contributed by atoms with Gasteiger partial charge >= 0.3 is 0 Å². The van der Waals surface area contributed by atoms with Gasteiger partial charge in [0.05, 0.1) is 6.54 Å². The van der Waals surface area contributed by atoms with Crippen molar-refractivity contribution in [1.29, 1.82) is 0 Å². The van der Waals surface area contributed by atoms with Gasteiger partial charge in [-0.05, 0) is 18.8 Å². The maximum atomic E-state index is 11.3. The standard InChI is InChI=1S/C10H20N2O/c1-4-11-10(13)7-12-5-8(2)9(3)6-12/h8-9H,4-7H2,1-3H3,(H,11,13). The molecule has 1 N–H and O–H groups in total. The molecule has 1 fully saturated rings. The van der Waals surface area contributed by atoms with Crippen LogP contribution < -0.4 is 5.32 Å². The second-order valence-electron chi connectivity index (χ2n) is 4.10. The molecular formula is C10H20N2O. The number of hydrogen-bond acceptors (Lipinski definition) is 2. The minimum absolute atomic E-state index is 0.156. The van der Waals surface area contributed by atoms with Gasteiger partial charge in [0.2, 0.25) is 5.91 Å². The van der Waals surface area contributed by atoms with Crippen molar-refractivity contribution in [2.75, 3.05) is 26.2 Å². The number of carbonyl (C=O) groups is 1. The largest absolute Gasteiger partial charge is 0.355 e. The molecule has 0 bridgehead atoms. The van der Waals surface area contributed by atoms with Crippen molar-refractivity contribution in [1.82, 2.24) is 10.2 Å². The molecule has 13 heavy (non-hydrogen) atoms. The summed E-state index contributed by atoms with van der Waals surface area (Å²) in [6.07, 6.45) is 0. The van der Waals surface area contributed by atoms with Gasteiger partial charge < -0.3 is 5.32 Å². The normalized spacial score (nSPS) is 29.2. The minimum atomic E-state index is 0.156. The lowest BCUT2D eigenvalue weighted by molar-refractivity contribution is -0.121. The zero-order valence-electron chi connectivity index (χ0n) is 8.84. The Labute approximate surface area is 80.5 Å². The number of nitrogens with zero attached hydrogens (tertiary/aromatic N) is 1. The monoisotopic (exact) mass is 184 g/mol. The van der Waals surface area contributed by atoms with Crippen LogP contribution in [-0.4, -0.2) is 37.0 Å². The van der Waals surface area contributed by atoms with Gasteiger partial charge in [0.1, 0.15) is 0 Å². The van der Waals surface area contributed by atoms with E-state index in [9.17, 15) is 4.79 Å². The topological polar surface area (TPSA) is 32.3 Å². The number of carbonyl (C=O) groups excluding carboxylic acids is 1. The predicted molar refractivity (Wildman–Crippen MR) is 53.5 cm³/mol. The Morgan fingerprint density at radius 3 is 2.38 bits per heavy atom. The molecule has 2 atom stereocenters. The highest BCUT2D eigenvalue weighted by Gasteiger charge is 2.26. The lowest BCUT2D eigenvalue weighted by Crippen LogP contribution is -2.36. The van der Waals surface area contributed by atoms with E-state index in [1.165, 1.54) is 0 Å². The second-order valence-corrected chi connectivity index (χ2v) is 4.10. The summed E-state index contributed by atoms with van der Waals surface area (Å²) < 4.78 is 0. The summed E-state index contributed by atoms with van der Waals surface area (Å²) in [7, 11) is 0. The predicted octanol–water partition coefficient (Wildman–Crippen LogP) is 0.710. The van der Waals surface area contributed by atoms with Gasteiger partial charge in [0.15, 0.2) is 0 Å². The number of nitrogens with one attached hydrogen (secondary N) is 1. The van der Waals surface area contributed by atoms with E-state index in [-0.39, 0.29) is 5.91 Å². The van der Waals surface area contributed by atoms with E-state index in [1.807, 2.05) is 6.92 Å². The van der Waals surface area contributed by atoms with Gasteiger partial charge in [-0.25, -0.2) is 0 Å². The van der Waals surface area contributed by atoms with Crippen molar-refractivity contribution in [3.05, 3.63) is 0 Å². The fourth-order valence-electron chi connectivity index (χ4n) is 1.83. The van der Waals surface area contributed by atoms with Gasteiger partial charge in [-0.1, -0.05) is 13.8 Å². The van der Waals surface area contributed by atoms with Crippen LogP contribution in [0.15, 0.2) is 0 Å². The highest BCUT2D eigenvalue weighted by atomic mass is 16.2. The Morgan fingerprint density at radius 2 is 1.92 bits per heavy atom. The Kier molecular flexibility index (Phi) is 3.72. The third kappa shape index (κ3) is 2.99. The van der Waals surface area contributed by atoms with Crippen molar-refractivity contribution in [3.8, 4) is 0 Å². The van der Waals surface area contributed by atoms with Gasteiger partial charge in [-0.2, -0.15) is 0 Å². The summed E-state index contributed by atoms with van der Waals surface area (Å²) in [5, 5.41) is 2.82. The maximum absolute atomic E-state index is 11.3. The lowest BCUT2D eigenvalue weighted by Gasteiger charge is -2.14. The molecule has 0 aliphatic carbocycles. The zero-order valence-corrected chi connectivity index (χ0v) is 8.84. The zero-order chi connectivity index (χ0) is 9.84. The van der Waals surface area contributed by atoms with Crippen molar-refractivity contribution >= 4 is 5.91 Å². The quantitative estimate of drug-likeness (QED) is 0.700. The SMILES string of the molecule is CCNC(=O)CN1CC(C)C(C)C1. The molecule has 2 unspecified atom stereocenters. The van der Waals surface area contributed by atoms with Crippen molar-refractivity contribution in [2.24, 2.45) is 11.8 Å². The molecule has 1 rings (SSSR count). The van der Waals surface area contributed by atoms with Crippen LogP contribution in [0.25, 0.3) is 0 Å². The first-order valence-corrected chi connectivity index (χ1v) is 5.12. The van der Waals surface area contributed by atoms with Crippen LogP contribution in [0, 0.1) is 11.8 Å². The molecule has 0 spiro atoms. The van der Waals surface area contributed by atoms with Gasteiger partial charge in [-0.15, -0.1) is 0 Å². The van der Waals surface area contributed by atoms with Gasteiger partial charge in [-0.3, -0.25) is 9.69 Å². The fourth-order valence-corrected chi connectivity index (χ4v) is 1.83. The molecule has 76 valence electrons. The molecule has 3 heteroatoms. The van der Waals surface area contributed by atoms with Crippen molar-refractivity contribution < 1.29 is 4.79 Å². The number of likely N-dealkylation sites (tertiary alicyclic amines) is 1. The molecule has 0 aromatic rings. The van der Waals surface area contributed by atoms with Crippen LogP contribution in [-0.2, 0) is 4.79 Å². The molecule has 3 nitrogen and oxygen atoms in total. The number of rotatable bonds is 3. The van der Waals surface area contributed by atoms with Crippen LogP contribution >= 0.6 is 0 Å². The summed E-state index contributed by atoms with van der Waals surface area (Å²) >= 11 is 0. The van der Waals surface area contributed by atoms with E-state index in [2.05, 4.69) is 24.1 Å². The minimum Gasteiger partial charge on any atom is -0.355 e. The first-order valence-electron chi connectivity index (χ1n) is 5.12. The van der Waals surface area contributed by atoms with Crippen molar-refractivity contribution in [2.45, 2.75) is 20.8 Å². The second kappa shape index (κ2) is 4.61. The first kappa shape index (κ1) is 10.5. The summed E-state index contributed by atoms with van der Waals surface area (Å²) in [6, 6.07) is 0. The Hall–Kier alpha value is -0.570. The maximum Gasteiger partial charge on any atom is 0.234 e. The number of amides is 1. The third-order valence-corrected chi connectivity index (χ3v) is 2.80. The number of hydrogen-bond donors (Lipinski definition) is 1. The Bertz CT molecular complexity index is 172. The molecule has 1 aliphatic rings. The third-order valence-electron chi connectivity index (χ3n) is 2.80. The first-order chi connectivity index (χ1) is 6.13. The van der Waals surface area contributed by atoms with E-state index < -0.39 is 0 Å². The lowest BCUT2D eigenvalue weighted by atomic mass is 10.0. The molecule has 1 saturated heterocycles. The van der Waals surface area contributed by atoms with E-state index in [1.54, 1.807) is 0 Å². The molecule has 1 heterocycles. The average Bonchev–Trinajstić information content (AvgIpc) is 2.31. The van der Waals surface area contributed by atoms with E-state index in [0.29, 0.717) is 6.54 Å². The summed E-state index contributed by atoms with van der Waals surface area (Å²) in [5.41, 5.74) is 0. The summed E-state index contributed by atoms with van der Waals surface area (Å²) in [4.78, 5) is 13.5. The molecule has 0 aromatic heterocycles. The smallest absolute Gasteiger partial charge is 0.234 e. The van der Waals surface area contributed by atoms with Crippen LogP contribution in [0.4, 0.5) is 0 Å². The van der Waals surface area contributed by atoms with Gasteiger partial charge in [0, 0.05) is 19.6 Å². The van der Waals surface area contributed by atoms with Crippen LogP contribution in [0.3, 0.4) is 0 Å². The fraction of sp³-hybridized carbons (Fsp3) is 0.900. The molecule has 1 amide bonds. The van der Waals surface area contributed by atoms with E-state index in [0.717, 1.165) is 31.5 Å². The average molecular weight is 184 g/mol. The molecule has 1 aliphatic heterocycles. The summed E-state index contributed by atoms with van der Waals surface area (Å²) in [5.74, 6) is 1.62. The van der Waals surface area contributed by atoms with E-state index >= 15 is 0 Å². The molecule has 0 saturated carbocycles. The van der Waals surface area contributed by atoms with Gasteiger partial charge in [0.25, 0.3) is 0 Å². The number of likely N-dealkylation sites (N-methyl/N-ethyl adjacent to an activating group) is 1. The van der Waals surface area contributed by atoms with Crippen molar-refractivity contribution in [3.63, 3.8) is 0 Å². The van der Waals surface area contributed by atoms with Crippen LogP contribution in [0.5, 0.6) is 0 Å². The molecular weight excluding hydrogens is 164 g/mol. The highest BCUT2D eigenvalue weighted by Crippen LogP contribution is 2.21. The molecule has 0 aromatic carbocycles. The Morgan fingerprint density at radius 1 is 1.38 bits per heavy atom. The van der Waals surface area contributed by atoms with E-state index in [4.69, 9.17) is 0 Å². The Balaban J connectivity index is 2.27. The van der Waals surface area contributed by atoms with Crippen LogP contribution in [0.2, 0.25) is 0 Å². The molecule has 0 radical (unpaired) electrons. The summed E-state index contributed by atoms with van der Waals surface area (Å²) in [6.45, 7) is 9.90.